The SMILES string of the molecule is CC(C)CNCc1ccc(COC2CCC(C)(C)CC2)o1. The molecule has 1 fully saturated rings. The summed E-state index contributed by atoms with van der Waals surface area (Å²) in [6.45, 7) is 11.5. The van der Waals surface area contributed by atoms with E-state index in [9.17, 15) is 0 Å². The van der Waals surface area contributed by atoms with Crippen LogP contribution in [0.15, 0.2) is 16.5 Å². The topological polar surface area (TPSA) is 34.4 Å². The largest absolute Gasteiger partial charge is 0.462 e. The molecular formula is C18H31NO2. The lowest BCUT2D eigenvalue weighted by Crippen LogP contribution is -2.26. The van der Waals surface area contributed by atoms with Crippen LogP contribution in [-0.4, -0.2) is 12.6 Å². The minimum absolute atomic E-state index is 0.408. The fourth-order valence-electron chi connectivity index (χ4n) is 2.82. The number of hydrogen-bond donors (Lipinski definition) is 1. The van der Waals surface area contributed by atoms with Gasteiger partial charge in [0.05, 0.1) is 12.6 Å². The number of nitrogens with one attached hydrogen (secondary N) is 1. The van der Waals surface area contributed by atoms with Gasteiger partial charge < -0.3 is 14.5 Å². The molecule has 2 rings (SSSR count). The molecule has 1 aromatic heterocycles. The molecule has 0 aliphatic heterocycles. The molecule has 0 atom stereocenters. The van der Waals surface area contributed by atoms with Gasteiger partial charge in [-0.05, 0) is 55.7 Å². The van der Waals surface area contributed by atoms with E-state index in [0.29, 0.717) is 24.0 Å². The third-order valence-corrected chi connectivity index (χ3v) is 4.32. The second-order valence-electron chi connectivity index (χ2n) is 7.57. The zero-order chi connectivity index (χ0) is 15.3. The minimum Gasteiger partial charge on any atom is -0.462 e. The van der Waals surface area contributed by atoms with Crippen molar-refractivity contribution in [2.45, 2.75) is 72.6 Å². The lowest BCUT2D eigenvalue weighted by Gasteiger charge is -2.34. The number of hydrogen-bond acceptors (Lipinski definition) is 3. The summed E-state index contributed by atoms with van der Waals surface area (Å²) in [4.78, 5) is 0. The molecule has 0 unspecified atom stereocenters. The Balaban J connectivity index is 1.68. The second kappa shape index (κ2) is 7.46. The summed E-state index contributed by atoms with van der Waals surface area (Å²) < 4.78 is 11.8. The van der Waals surface area contributed by atoms with E-state index in [4.69, 9.17) is 9.15 Å². The quantitative estimate of drug-likeness (QED) is 0.803. The Morgan fingerprint density at radius 3 is 2.57 bits per heavy atom. The summed E-state index contributed by atoms with van der Waals surface area (Å²) >= 11 is 0. The third kappa shape index (κ3) is 5.84. The highest BCUT2D eigenvalue weighted by Gasteiger charge is 2.27. The van der Waals surface area contributed by atoms with Gasteiger partial charge in [-0.3, -0.25) is 0 Å². The van der Waals surface area contributed by atoms with Crippen molar-refractivity contribution in [2.75, 3.05) is 6.54 Å². The van der Waals surface area contributed by atoms with E-state index >= 15 is 0 Å². The molecule has 120 valence electrons. The first-order valence-corrected chi connectivity index (χ1v) is 8.34. The Labute approximate surface area is 129 Å². The predicted octanol–water partition coefficient (Wildman–Crippen LogP) is 4.51. The molecule has 3 nitrogen and oxygen atoms in total. The number of ether oxygens (including phenoxy) is 1. The Morgan fingerprint density at radius 2 is 1.90 bits per heavy atom. The smallest absolute Gasteiger partial charge is 0.129 e. The summed E-state index contributed by atoms with van der Waals surface area (Å²) in [6, 6.07) is 4.09. The standard InChI is InChI=1S/C18H31NO2/c1-14(2)11-19-12-16-5-6-17(21-16)13-20-15-7-9-18(3,4)10-8-15/h5-6,14-15,19H,7-13H2,1-4H3. The molecule has 0 aromatic carbocycles. The Kier molecular flexibility index (Phi) is 5.88. The lowest BCUT2D eigenvalue weighted by molar-refractivity contribution is -0.0123. The van der Waals surface area contributed by atoms with Crippen LogP contribution in [0.3, 0.4) is 0 Å². The highest BCUT2D eigenvalue weighted by molar-refractivity contribution is 5.06. The van der Waals surface area contributed by atoms with Gasteiger partial charge in [0, 0.05) is 0 Å². The van der Waals surface area contributed by atoms with Crippen LogP contribution in [0.2, 0.25) is 0 Å². The van der Waals surface area contributed by atoms with Crippen LogP contribution in [0.5, 0.6) is 0 Å². The van der Waals surface area contributed by atoms with Crippen molar-refractivity contribution in [2.24, 2.45) is 11.3 Å². The van der Waals surface area contributed by atoms with Crippen LogP contribution in [-0.2, 0) is 17.9 Å². The van der Waals surface area contributed by atoms with E-state index in [-0.39, 0.29) is 0 Å². The van der Waals surface area contributed by atoms with Gasteiger partial charge in [0.25, 0.3) is 0 Å². The zero-order valence-corrected chi connectivity index (χ0v) is 14.1. The number of rotatable bonds is 7. The molecule has 1 N–H and O–H groups in total. The van der Waals surface area contributed by atoms with Gasteiger partial charge in [0.1, 0.15) is 18.1 Å². The normalized spacial score (nSPS) is 19.3. The van der Waals surface area contributed by atoms with Gasteiger partial charge in [-0.1, -0.05) is 27.7 Å². The van der Waals surface area contributed by atoms with Crippen molar-refractivity contribution in [1.82, 2.24) is 5.32 Å². The Hall–Kier alpha value is -0.800. The molecule has 0 radical (unpaired) electrons. The van der Waals surface area contributed by atoms with E-state index in [1.165, 1.54) is 25.7 Å². The van der Waals surface area contributed by atoms with Crippen LogP contribution in [0.1, 0.15) is 64.9 Å². The summed E-state index contributed by atoms with van der Waals surface area (Å²) in [6.07, 6.45) is 5.29. The van der Waals surface area contributed by atoms with Gasteiger partial charge in [-0.25, -0.2) is 0 Å². The predicted molar refractivity (Wildman–Crippen MR) is 86.1 cm³/mol. The van der Waals surface area contributed by atoms with Crippen LogP contribution >= 0.6 is 0 Å². The van der Waals surface area contributed by atoms with Crippen molar-refractivity contribution >= 4 is 0 Å². The van der Waals surface area contributed by atoms with Crippen molar-refractivity contribution < 1.29 is 9.15 Å². The molecule has 1 aliphatic carbocycles. The van der Waals surface area contributed by atoms with Crippen LogP contribution in [0.25, 0.3) is 0 Å². The first-order chi connectivity index (χ1) is 9.94. The van der Waals surface area contributed by atoms with Gasteiger partial charge in [0.15, 0.2) is 0 Å². The van der Waals surface area contributed by atoms with Crippen LogP contribution in [0, 0.1) is 11.3 Å². The summed E-state index contributed by atoms with van der Waals surface area (Å²) in [5, 5.41) is 3.39. The third-order valence-electron chi connectivity index (χ3n) is 4.32. The fraction of sp³-hybridized carbons (Fsp3) is 0.778. The van der Waals surface area contributed by atoms with E-state index in [2.05, 4.69) is 39.1 Å². The lowest BCUT2D eigenvalue weighted by atomic mass is 9.76. The summed E-state index contributed by atoms with van der Waals surface area (Å²) in [7, 11) is 0. The average molecular weight is 293 g/mol. The molecule has 0 saturated heterocycles. The molecule has 3 heteroatoms. The first kappa shape index (κ1) is 16.6. The van der Waals surface area contributed by atoms with E-state index in [1.807, 2.05) is 6.07 Å². The maximum absolute atomic E-state index is 6.00. The van der Waals surface area contributed by atoms with Crippen molar-refractivity contribution in [3.05, 3.63) is 23.7 Å². The number of furan rings is 1. The molecule has 21 heavy (non-hydrogen) atoms. The van der Waals surface area contributed by atoms with Crippen molar-refractivity contribution in [3.8, 4) is 0 Å². The molecule has 0 amide bonds. The van der Waals surface area contributed by atoms with Gasteiger partial charge in [-0.15, -0.1) is 0 Å². The van der Waals surface area contributed by atoms with Crippen molar-refractivity contribution in [1.29, 1.82) is 0 Å². The van der Waals surface area contributed by atoms with Crippen LogP contribution < -0.4 is 5.32 Å². The fourth-order valence-corrected chi connectivity index (χ4v) is 2.82. The van der Waals surface area contributed by atoms with E-state index < -0.39 is 0 Å². The molecule has 1 aromatic rings. The summed E-state index contributed by atoms with van der Waals surface area (Å²) in [5.74, 6) is 2.61. The monoisotopic (exact) mass is 293 g/mol. The highest BCUT2D eigenvalue weighted by Crippen LogP contribution is 2.36. The Bertz CT molecular complexity index is 413. The average Bonchev–Trinajstić information content (AvgIpc) is 2.85. The van der Waals surface area contributed by atoms with Gasteiger partial charge in [-0.2, -0.15) is 0 Å². The molecule has 1 aliphatic rings. The maximum Gasteiger partial charge on any atom is 0.129 e. The van der Waals surface area contributed by atoms with Gasteiger partial charge >= 0.3 is 0 Å². The Morgan fingerprint density at radius 1 is 1.24 bits per heavy atom. The van der Waals surface area contributed by atoms with Gasteiger partial charge in [0.2, 0.25) is 0 Å². The highest BCUT2D eigenvalue weighted by atomic mass is 16.5. The molecule has 0 bridgehead atoms. The molecule has 0 spiro atoms. The van der Waals surface area contributed by atoms with Crippen molar-refractivity contribution in [3.63, 3.8) is 0 Å². The van der Waals surface area contributed by atoms with Crippen LogP contribution in [0.4, 0.5) is 0 Å². The molecule has 1 heterocycles. The second-order valence-corrected chi connectivity index (χ2v) is 7.57. The maximum atomic E-state index is 6.00. The molecule has 1 saturated carbocycles. The summed E-state index contributed by atoms with van der Waals surface area (Å²) in [5.41, 5.74) is 0.500. The van der Waals surface area contributed by atoms with E-state index in [0.717, 1.165) is 24.6 Å². The first-order valence-electron chi connectivity index (χ1n) is 8.34. The zero-order valence-electron chi connectivity index (χ0n) is 14.1. The molecular weight excluding hydrogens is 262 g/mol. The van der Waals surface area contributed by atoms with E-state index in [1.54, 1.807) is 0 Å². The minimum atomic E-state index is 0.408.